The number of aromatic nitrogens is 2. The fourth-order valence-electron chi connectivity index (χ4n) is 1.51. The molecule has 124 valence electrons. The lowest BCUT2D eigenvalue weighted by molar-refractivity contribution is -0.137. The van der Waals surface area contributed by atoms with Crippen LogP contribution in [0, 0.1) is 0 Å². The number of rotatable bonds is 5. The van der Waals surface area contributed by atoms with Crippen molar-refractivity contribution in [2.24, 2.45) is 0 Å². The average molecular weight is 366 g/mol. The van der Waals surface area contributed by atoms with Crippen LogP contribution in [-0.2, 0) is 6.18 Å². The first-order valence-electron chi connectivity index (χ1n) is 6.27. The quantitative estimate of drug-likeness (QED) is 0.709. The number of alkyl halides is 3. The Labute approximate surface area is 138 Å². The van der Waals surface area contributed by atoms with E-state index in [1.807, 2.05) is 0 Å². The van der Waals surface area contributed by atoms with Crippen LogP contribution in [0.3, 0.4) is 0 Å². The third kappa shape index (κ3) is 5.25. The number of hydrogen-bond donors (Lipinski definition) is 3. The number of urea groups is 1. The van der Waals surface area contributed by atoms with Gasteiger partial charge in [-0.15, -0.1) is 11.3 Å². The Bertz CT molecular complexity index is 665. The van der Waals surface area contributed by atoms with E-state index in [-0.39, 0.29) is 23.9 Å². The van der Waals surface area contributed by atoms with Gasteiger partial charge in [0.1, 0.15) is 5.82 Å². The van der Waals surface area contributed by atoms with Crippen LogP contribution in [0.2, 0.25) is 5.02 Å². The molecule has 0 saturated heterocycles. The molecule has 0 aliphatic carbocycles. The van der Waals surface area contributed by atoms with E-state index in [0.29, 0.717) is 11.3 Å². The summed E-state index contributed by atoms with van der Waals surface area (Å²) in [4.78, 5) is 19.0. The predicted molar refractivity (Wildman–Crippen MR) is 81.9 cm³/mol. The topological polar surface area (TPSA) is 78.9 Å². The lowest BCUT2D eigenvalue weighted by atomic mass is 10.3. The second-order valence-corrected chi connectivity index (χ2v) is 5.50. The summed E-state index contributed by atoms with van der Waals surface area (Å²) in [6.07, 6.45) is -2.25. The summed E-state index contributed by atoms with van der Waals surface area (Å²) < 4.78 is 37.4. The average Bonchev–Trinajstić information content (AvgIpc) is 2.96. The molecule has 3 N–H and O–H groups in total. The summed E-state index contributed by atoms with van der Waals surface area (Å²) in [6.45, 7) is 0.458. The highest BCUT2D eigenvalue weighted by Gasteiger charge is 2.31. The lowest BCUT2D eigenvalue weighted by Gasteiger charge is -2.11. The minimum Gasteiger partial charge on any atom is -0.367 e. The first kappa shape index (κ1) is 17.3. The Morgan fingerprint density at radius 1 is 1.30 bits per heavy atom. The van der Waals surface area contributed by atoms with E-state index in [0.717, 1.165) is 6.07 Å². The predicted octanol–water partition coefficient (Wildman–Crippen LogP) is 3.44. The van der Waals surface area contributed by atoms with Crippen molar-refractivity contribution in [3.05, 3.63) is 34.4 Å². The molecule has 11 heteroatoms. The molecule has 0 unspecified atom stereocenters. The first-order chi connectivity index (χ1) is 10.9. The van der Waals surface area contributed by atoms with Crippen molar-refractivity contribution < 1.29 is 18.0 Å². The Balaban J connectivity index is 1.77. The fraction of sp³-hybridized carbons (Fsp3) is 0.250. The molecule has 2 rings (SSSR count). The van der Waals surface area contributed by atoms with Gasteiger partial charge >= 0.3 is 12.2 Å². The van der Waals surface area contributed by atoms with Gasteiger partial charge in [-0.1, -0.05) is 11.6 Å². The molecule has 0 saturated carbocycles. The van der Waals surface area contributed by atoms with Crippen LogP contribution in [0.5, 0.6) is 0 Å². The lowest BCUT2D eigenvalue weighted by Crippen LogP contribution is -2.32. The first-order valence-corrected chi connectivity index (χ1v) is 7.53. The number of amides is 2. The molecule has 0 aliphatic heterocycles. The van der Waals surface area contributed by atoms with Crippen molar-refractivity contribution in [2.75, 3.05) is 23.7 Å². The van der Waals surface area contributed by atoms with Gasteiger partial charge in [0.05, 0.1) is 10.6 Å². The van der Waals surface area contributed by atoms with Gasteiger partial charge in [-0.3, -0.25) is 5.32 Å². The Kier molecular flexibility index (Phi) is 5.61. The second-order valence-electron chi connectivity index (χ2n) is 4.20. The highest BCUT2D eigenvalue weighted by molar-refractivity contribution is 7.13. The zero-order chi connectivity index (χ0) is 16.9. The van der Waals surface area contributed by atoms with Crippen LogP contribution < -0.4 is 16.0 Å². The van der Waals surface area contributed by atoms with Crippen molar-refractivity contribution >= 4 is 39.9 Å². The van der Waals surface area contributed by atoms with Gasteiger partial charge in [-0.2, -0.15) is 13.2 Å². The normalized spacial score (nSPS) is 11.1. The molecule has 2 heterocycles. The van der Waals surface area contributed by atoms with Crippen LogP contribution in [0.4, 0.5) is 28.9 Å². The number of carbonyl (C=O) groups excluding carboxylic acids is 1. The molecule has 0 spiro atoms. The third-order valence-corrected chi connectivity index (χ3v) is 3.50. The number of nitrogens with zero attached hydrogens (tertiary/aromatic N) is 2. The molecular weight excluding hydrogens is 355 g/mol. The largest absolute Gasteiger partial charge is 0.417 e. The SMILES string of the molecule is O=C(NCCNc1ncc(C(F)(F)F)cc1Cl)Nc1nccs1. The van der Waals surface area contributed by atoms with Crippen LogP contribution >= 0.6 is 22.9 Å². The highest BCUT2D eigenvalue weighted by atomic mass is 35.5. The fourth-order valence-corrected chi connectivity index (χ4v) is 2.26. The van der Waals surface area contributed by atoms with Gasteiger partial charge in [-0.25, -0.2) is 14.8 Å². The maximum atomic E-state index is 12.5. The van der Waals surface area contributed by atoms with Crippen molar-refractivity contribution in [1.82, 2.24) is 15.3 Å². The molecular formula is C12H11ClF3N5OS. The number of thiazole rings is 1. The summed E-state index contributed by atoms with van der Waals surface area (Å²) in [5, 5.41) is 9.84. The monoisotopic (exact) mass is 365 g/mol. The summed E-state index contributed by atoms with van der Waals surface area (Å²) in [5.74, 6) is 0.113. The maximum Gasteiger partial charge on any atom is 0.417 e. The van der Waals surface area contributed by atoms with Crippen molar-refractivity contribution in [1.29, 1.82) is 0 Å². The molecule has 23 heavy (non-hydrogen) atoms. The molecule has 2 aromatic heterocycles. The number of carbonyl (C=O) groups is 1. The Morgan fingerprint density at radius 2 is 2.09 bits per heavy atom. The molecule has 0 atom stereocenters. The molecule has 0 fully saturated rings. The van der Waals surface area contributed by atoms with Gasteiger partial charge in [-0.05, 0) is 6.07 Å². The van der Waals surface area contributed by atoms with Crippen LogP contribution in [-0.4, -0.2) is 29.1 Å². The van der Waals surface area contributed by atoms with Gasteiger partial charge in [0.25, 0.3) is 0 Å². The number of nitrogens with one attached hydrogen (secondary N) is 3. The standard InChI is InChI=1S/C12H11ClF3N5OS/c13-8-5-7(12(14,15)16)6-20-9(8)17-1-2-18-10(22)21-11-19-3-4-23-11/h3-6H,1-2H2,(H,17,20)(H2,18,19,21,22). The molecule has 0 aromatic carbocycles. The van der Waals surface area contributed by atoms with E-state index >= 15 is 0 Å². The number of anilines is 2. The maximum absolute atomic E-state index is 12.5. The number of halogens is 4. The van der Waals surface area contributed by atoms with E-state index in [2.05, 4.69) is 25.9 Å². The number of hydrogen-bond acceptors (Lipinski definition) is 5. The van der Waals surface area contributed by atoms with Crippen molar-refractivity contribution in [3.8, 4) is 0 Å². The summed E-state index contributed by atoms with van der Waals surface area (Å²) in [5.41, 5.74) is -0.922. The number of pyridine rings is 1. The van der Waals surface area contributed by atoms with E-state index in [1.165, 1.54) is 11.3 Å². The zero-order valence-corrected chi connectivity index (χ0v) is 13.0. The molecule has 0 radical (unpaired) electrons. The molecule has 0 aliphatic rings. The molecule has 6 nitrogen and oxygen atoms in total. The van der Waals surface area contributed by atoms with E-state index in [9.17, 15) is 18.0 Å². The zero-order valence-electron chi connectivity index (χ0n) is 11.4. The molecule has 2 aromatic rings. The van der Waals surface area contributed by atoms with Gasteiger partial charge < -0.3 is 10.6 Å². The molecule has 0 bridgehead atoms. The second kappa shape index (κ2) is 7.47. The minimum absolute atomic E-state index is 0.113. The smallest absolute Gasteiger partial charge is 0.367 e. The molecule has 2 amide bonds. The van der Waals surface area contributed by atoms with Crippen molar-refractivity contribution in [2.45, 2.75) is 6.18 Å². The van der Waals surface area contributed by atoms with Gasteiger partial charge in [0.2, 0.25) is 0 Å². The summed E-state index contributed by atoms with van der Waals surface area (Å²) in [6, 6.07) is 0.354. The minimum atomic E-state index is -4.50. The Hall–Kier alpha value is -2.07. The summed E-state index contributed by atoms with van der Waals surface area (Å²) >= 11 is 7.01. The van der Waals surface area contributed by atoms with Crippen LogP contribution in [0.15, 0.2) is 23.8 Å². The van der Waals surface area contributed by atoms with E-state index in [4.69, 9.17) is 11.6 Å². The van der Waals surface area contributed by atoms with Crippen LogP contribution in [0.1, 0.15) is 5.56 Å². The van der Waals surface area contributed by atoms with E-state index in [1.54, 1.807) is 11.6 Å². The van der Waals surface area contributed by atoms with Crippen molar-refractivity contribution in [3.63, 3.8) is 0 Å². The highest BCUT2D eigenvalue weighted by Crippen LogP contribution is 2.32. The van der Waals surface area contributed by atoms with Crippen LogP contribution in [0.25, 0.3) is 0 Å². The van der Waals surface area contributed by atoms with Gasteiger partial charge in [0, 0.05) is 30.9 Å². The third-order valence-electron chi connectivity index (χ3n) is 2.52. The summed E-state index contributed by atoms with van der Waals surface area (Å²) in [7, 11) is 0. The van der Waals surface area contributed by atoms with Gasteiger partial charge in [0.15, 0.2) is 5.13 Å². The van der Waals surface area contributed by atoms with E-state index < -0.39 is 17.8 Å². The Morgan fingerprint density at radius 3 is 2.70 bits per heavy atom.